The molecule has 0 aliphatic carbocycles. The van der Waals surface area contributed by atoms with Gasteiger partial charge in [0.15, 0.2) is 0 Å². The zero-order chi connectivity index (χ0) is 14.4. The summed E-state index contributed by atoms with van der Waals surface area (Å²) in [5.41, 5.74) is 0.659. The molecule has 1 amide bonds. The third kappa shape index (κ3) is 4.17. The summed E-state index contributed by atoms with van der Waals surface area (Å²) in [6, 6.07) is 4.64. The summed E-state index contributed by atoms with van der Waals surface area (Å²) < 4.78 is 17.9. The van der Waals surface area contributed by atoms with E-state index in [1.165, 1.54) is 18.5 Å². The van der Waals surface area contributed by atoms with Gasteiger partial charge in [-0.3, -0.25) is 9.78 Å². The highest BCUT2D eigenvalue weighted by atomic mass is 19.1. The van der Waals surface area contributed by atoms with Crippen molar-refractivity contribution in [3.63, 3.8) is 0 Å². The van der Waals surface area contributed by atoms with Crippen LogP contribution >= 0.6 is 0 Å². The molecule has 0 aromatic carbocycles. The van der Waals surface area contributed by atoms with E-state index in [-0.39, 0.29) is 18.9 Å². The average molecular weight is 278 g/mol. The molecule has 1 atom stereocenters. The van der Waals surface area contributed by atoms with Crippen molar-refractivity contribution in [2.45, 2.75) is 18.9 Å². The first-order valence-corrected chi connectivity index (χ1v) is 6.23. The van der Waals surface area contributed by atoms with Gasteiger partial charge in [-0.25, -0.2) is 4.39 Å². The number of amides is 1. The number of aliphatic hydroxyl groups is 1. The predicted molar refractivity (Wildman–Crippen MR) is 69.2 cm³/mol. The molecule has 1 unspecified atom stereocenters. The first-order valence-electron chi connectivity index (χ1n) is 6.23. The highest BCUT2D eigenvalue weighted by Gasteiger charge is 2.11. The van der Waals surface area contributed by atoms with Crippen molar-refractivity contribution in [3.05, 3.63) is 54.0 Å². The average Bonchev–Trinajstić information content (AvgIpc) is 2.97. The van der Waals surface area contributed by atoms with Gasteiger partial charge in [0.1, 0.15) is 17.7 Å². The number of nitrogens with one attached hydrogen (secondary N) is 1. The van der Waals surface area contributed by atoms with E-state index in [0.29, 0.717) is 17.7 Å². The first-order chi connectivity index (χ1) is 9.65. The number of hydrogen-bond donors (Lipinski definition) is 2. The minimum absolute atomic E-state index is 0.0771. The van der Waals surface area contributed by atoms with Gasteiger partial charge >= 0.3 is 0 Å². The van der Waals surface area contributed by atoms with Crippen molar-refractivity contribution in [2.24, 2.45) is 0 Å². The standard InChI is InChI=1S/C14H15FN2O3/c15-11-6-10(7-16-8-11)3-4-14(19)17-9-12(18)13-2-1-5-20-13/h1-2,5-8,12,18H,3-4,9H2,(H,17,19). The van der Waals surface area contributed by atoms with Crippen LogP contribution < -0.4 is 5.32 Å². The maximum Gasteiger partial charge on any atom is 0.220 e. The number of carbonyl (C=O) groups is 1. The van der Waals surface area contributed by atoms with E-state index in [1.54, 1.807) is 12.1 Å². The molecule has 0 saturated carbocycles. The summed E-state index contributed by atoms with van der Waals surface area (Å²) in [7, 11) is 0. The Morgan fingerprint density at radius 1 is 1.50 bits per heavy atom. The lowest BCUT2D eigenvalue weighted by atomic mass is 10.1. The minimum atomic E-state index is -0.871. The van der Waals surface area contributed by atoms with Crippen LogP contribution in [0.15, 0.2) is 41.3 Å². The molecule has 20 heavy (non-hydrogen) atoms. The molecule has 106 valence electrons. The van der Waals surface area contributed by atoms with E-state index in [9.17, 15) is 14.3 Å². The quantitative estimate of drug-likeness (QED) is 0.841. The number of furan rings is 1. The van der Waals surface area contributed by atoms with Gasteiger partial charge in [0.2, 0.25) is 5.91 Å². The first kappa shape index (κ1) is 14.2. The van der Waals surface area contributed by atoms with Crippen LogP contribution in [-0.2, 0) is 11.2 Å². The van der Waals surface area contributed by atoms with Crippen LogP contribution in [0.4, 0.5) is 4.39 Å². The Kier molecular flexibility index (Phi) is 4.84. The topological polar surface area (TPSA) is 75.4 Å². The fourth-order valence-corrected chi connectivity index (χ4v) is 1.73. The maximum absolute atomic E-state index is 12.9. The number of aryl methyl sites for hydroxylation is 1. The zero-order valence-corrected chi connectivity index (χ0v) is 10.8. The number of rotatable bonds is 6. The molecular weight excluding hydrogens is 263 g/mol. The molecule has 2 aromatic rings. The smallest absolute Gasteiger partial charge is 0.220 e. The fourth-order valence-electron chi connectivity index (χ4n) is 1.73. The van der Waals surface area contributed by atoms with Gasteiger partial charge in [-0.2, -0.15) is 0 Å². The molecule has 0 spiro atoms. The van der Waals surface area contributed by atoms with Crippen molar-refractivity contribution in [2.75, 3.05) is 6.54 Å². The van der Waals surface area contributed by atoms with Gasteiger partial charge < -0.3 is 14.8 Å². The lowest BCUT2D eigenvalue weighted by Crippen LogP contribution is -2.28. The number of nitrogens with zero attached hydrogens (tertiary/aromatic N) is 1. The van der Waals surface area contributed by atoms with E-state index in [0.717, 1.165) is 6.20 Å². The van der Waals surface area contributed by atoms with Crippen LogP contribution in [0.3, 0.4) is 0 Å². The molecule has 2 heterocycles. The minimum Gasteiger partial charge on any atom is -0.467 e. The Labute approximate surface area is 115 Å². The Hall–Kier alpha value is -2.21. The Morgan fingerprint density at radius 3 is 3.05 bits per heavy atom. The second-order valence-corrected chi connectivity index (χ2v) is 4.35. The zero-order valence-electron chi connectivity index (χ0n) is 10.8. The van der Waals surface area contributed by atoms with Crippen LogP contribution in [0.5, 0.6) is 0 Å². The van der Waals surface area contributed by atoms with Crippen molar-refractivity contribution in [1.82, 2.24) is 10.3 Å². The van der Waals surface area contributed by atoms with E-state index in [2.05, 4.69) is 10.3 Å². The SMILES string of the molecule is O=C(CCc1cncc(F)c1)NCC(O)c1ccco1. The maximum atomic E-state index is 12.9. The van der Waals surface area contributed by atoms with E-state index in [1.807, 2.05) is 0 Å². The van der Waals surface area contributed by atoms with Crippen LogP contribution in [0.2, 0.25) is 0 Å². The molecule has 0 aliphatic heterocycles. The van der Waals surface area contributed by atoms with Crippen molar-refractivity contribution in [1.29, 1.82) is 0 Å². The number of carbonyl (C=O) groups excluding carboxylic acids is 1. The Morgan fingerprint density at radius 2 is 2.35 bits per heavy atom. The van der Waals surface area contributed by atoms with Crippen molar-refractivity contribution in [3.8, 4) is 0 Å². The molecule has 0 fully saturated rings. The Balaban J connectivity index is 1.73. The van der Waals surface area contributed by atoms with Crippen LogP contribution in [0, 0.1) is 5.82 Å². The Bertz CT molecular complexity index is 557. The number of hydrogen-bond acceptors (Lipinski definition) is 4. The summed E-state index contributed by atoms with van der Waals surface area (Å²) in [4.78, 5) is 15.3. The summed E-state index contributed by atoms with van der Waals surface area (Å²) in [6.45, 7) is 0.0771. The summed E-state index contributed by atoms with van der Waals surface area (Å²) in [6.07, 6.45) is 3.82. The molecular formula is C14H15FN2O3. The normalized spacial score (nSPS) is 12.1. The lowest BCUT2D eigenvalue weighted by Gasteiger charge is -2.09. The van der Waals surface area contributed by atoms with Crippen molar-refractivity contribution >= 4 is 5.91 Å². The largest absolute Gasteiger partial charge is 0.467 e. The van der Waals surface area contributed by atoms with Gasteiger partial charge in [0.05, 0.1) is 19.0 Å². The fraction of sp³-hybridized carbons (Fsp3) is 0.286. The number of halogens is 1. The van der Waals surface area contributed by atoms with Crippen LogP contribution in [0.25, 0.3) is 0 Å². The molecule has 2 rings (SSSR count). The van der Waals surface area contributed by atoms with E-state index >= 15 is 0 Å². The highest BCUT2D eigenvalue weighted by molar-refractivity contribution is 5.76. The third-order valence-electron chi connectivity index (χ3n) is 2.77. The second kappa shape index (κ2) is 6.81. The second-order valence-electron chi connectivity index (χ2n) is 4.35. The third-order valence-corrected chi connectivity index (χ3v) is 2.77. The monoisotopic (exact) mass is 278 g/mol. The van der Waals surface area contributed by atoms with Crippen LogP contribution in [-0.4, -0.2) is 22.5 Å². The van der Waals surface area contributed by atoms with Gasteiger partial charge in [0, 0.05) is 12.6 Å². The van der Waals surface area contributed by atoms with Gasteiger partial charge in [-0.15, -0.1) is 0 Å². The lowest BCUT2D eigenvalue weighted by molar-refractivity contribution is -0.121. The van der Waals surface area contributed by atoms with Gasteiger partial charge in [0.25, 0.3) is 0 Å². The van der Waals surface area contributed by atoms with Crippen molar-refractivity contribution < 1.29 is 18.7 Å². The number of pyridine rings is 1. The summed E-state index contributed by atoms with van der Waals surface area (Å²) in [5.74, 6) is -0.240. The van der Waals surface area contributed by atoms with Gasteiger partial charge in [-0.05, 0) is 30.2 Å². The van der Waals surface area contributed by atoms with E-state index < -0.39 is 11.9 Å². The molecule has 0 saturated heterocycles. The number of aliphatic hydroxyl groups excluding tert-OH is 1. The molecule has 6 heteroatoms. The van der Waals surface area contributed by atoms with Crippen LogP contribution in [0.1, 0.15) is 23.8 Å². The predicted octanol–water partition coefficient (Wildman–Crippen LogP) is 1.60. The molecule has 5 nitrogen and oxygen atoms in total. The number of aromatic nitrogens is 1. The summed E-state index contributed by atoms with van der Waals surface area (Å²) in [5, 5.41) is 12.3. The molecule has 2 N–H and O–H groups in total. The molecule has 0 aliphatic rings. The highest BCUT2D eigenvalue weighted by Crippen LogP contribution is 2.11. The molecule has 2 aromatic heterocycles. The molecule has 0 bridgehead atoms. The van der Waals surface area contributed by atoms with E-state index in [4.69, 9.17) is 4.42 Å². The van der Waals surface area contributed by atoms with Gasteiger partial charge in [-0.1, -0.05) is 0 Å². The molecule has 0 radical (unpaired) electrons. The summed E-state index contributed by atoms with van der Waals surface area (Å²) >= 11 is 0.